The number of para-hydroxylation sites is 1. The number of sulfonamides is 1. The molecule has 0 spiro atoms. The van der Waals surface area contributed by atoms with E-state index in [-0.39, 0.29) is 16.7 Å². The molecule has 8 heteroatoms. The summed E-state index contributed by atoms with van der Waals surface area (Å²) in [5.74, 6) is 1.28. The molecule has 0 radical (unpaired) electrons. The smallest absolute Gasteiger partial charge is 0.285 e. The first kappa shape index (κ1) is 20.1. The predicted octanol–water partition coefficient (Wildman–Crippen LogP) is 2.84. The topological polar surface area (TPSA) is 79.3 Å². The number of fused-ring (bicyclic) bond motifs is 2. The Morgan fingerprint density at radius 3 is 2.61 bits per heavy atom. The lowest BCUT2D eigenvalue weighted by Crippen LogP contribution is -2.46. The van der Waals surface area contributed by atoms with E-state index in [0.717, 1.165) is 29.8 Å². The molecule has 5 rings (SSSR count). The van der Waals surface area contributed by atoms with Crippen LogP contribution in [0.15, 0.2) is 51.8 Å². The maximum Gasteiger partial charge on any atom is 0.285 e. The second kappa shape index (κ2) is 7.67. The van der Waals surface area contributed by atoms with Gasteiger partial charge in [0.2, 0.25) is 5.91 Å². The zero-order valence-electron chi connectivity index (χ0n) is 17.5. The number of aryl methyl sites for hydroxylation is 1. The summed E-state index contributed by atoms with van der Waals surface area (Å²) in [5, 5.41) is 0. The van der Waals surface area contributed by atoms with E-state index in [2.05, 4.69) is 10.5 Å². The average Bonchev–Trinajstić information content (AvgIpc) is 3.09. The van der Waals surface area contributed by atoms with Crippen molar-refractivity contribution in [3.8, 4) is 5.75 Å². The Kier molecular flexibility index (Phi) is 4.97. The molecule has 3 aliphatic rings. The zero-order chi connectivity index (χ0) is 21.6. The Morgan fingerprint density at radius 1 is 1.06 bits per heavy atom. The van der Waals surface area contributed by atoms with Crippen molar-refractivity contribution >= 4 is 27.5 Å². The molecule has 2 aromatic rings. The quantitative estimate of drug-likeness (QED) is 0.719. The number of ether oxygens (including phenoxy) is 1. The number of piperidine rings is 1. The summed E-state index contributed by atoms with van der Waals surface area (Å²) < 4.78 is 34.3. The minimum absolute atomic E-state index is 0.0963. The van der Waals surface area contributed by atoms with Gasteiger partial charge in [-0.15, -0.1) is 4.40 Å². The van der Waals surface area contributed by atoms with Crippen LogP contribution in [-0.2, 0) is 21.2 Å². The van der Waals surface area contributed by atoms with Crippen LogP contribution >= 0.6 is 0 Å². The van der Waals surface area contributed by atoms with Crippen molar-refractivity contribution < 1.29 is 17.9 Å². The third-order valence-electron chi connectivity index (χ3n) is 6.42. The normalized spacial score (nSPS) is 20.1. The van der Waals surface area contributed by atoms with Crippen molar-refractivity contribution in [2.75, 3.05) is 31.6 Å². The van der Waals surface area contributed by atoms with Crippen LogP contribution in [0.1, 0.15) is 30.4 Å². The maximum absolute atomic E-state index is 13.4. The van der Waals surface area contributed by atoms with E-state index in [9.17, 15) is 13.2 Å². The molecular formula is C23H25N3O4S. The molecule has 0 saturated carbocycles. The van der Waals surface area contributed by atoms with Crippen molar-refractivity contribution in [3.05, 3.63) is 53.6 Å². The fourth-order valence-electron chi connectivity index (χ4n) is 4.88. The highest BCUT2D eigenvalue weighted by molar-refractivity contribution is 7.90. The van der Waals surface area contributed by atoms with Crippen molar-refractivity contribution in [2.24, 2.45) is 10.3 Å². The lowest BCUT2D eigenvalue weighted by Gasteiger charge is -2.37. The monoisotopic (exact) mass is 439 g/mol. The maximum atomic E-state index is 13.4. The van der Waals surface area contributed by atoms with Gasteiger partial charge in [-0.2, -0.15) is 8.42 Å². The Labute approximate surface area is 182 Å². The van der Waals surface area contributed by atoms with Gasteiger partial charge in [0, 0.05) is 31.1 Å². The Balaban J connectivity index is 1.33. The van der Waals surface area contributed by atoms with Crippen molar-refractivity contribution in [1.82, 2.24) is 4.90 Å². The van der Waals surface area contributed by atoms with Crippen LogP contribution in [0, 0.1) is 5.92 Å². The van der Waals surface area contributed by atoms with Crippen LogP contribution in [0.2, 0.25) is 0 Å². The van der Waals surface area contributed by atoms with Gasteiger partial charge >= 0.3 is 0 Å². The highest BCUT2D eigenvalue weighted by Crippen LogP contribution is 2.38. The van der Waals surface area contributed by atoms with Gasteiger partial charge in [0.05, 0.1) is 12.8 Å². The molecular weight excluding hydrogens is 414 g/mol. The molecule has 7 nitrogen and oxygen atoms in total. The van der Waals surface area contributed by atoms with E-state index in [1.54, 1.807) is 25.3 Å². The number of nitrogens with zero attached hydrogens (tertiary/aromatic N) is 3. The van der Waals surface area contributed by atoms with Gasteiger partial charge in [0.15, 0.2) is 5.84 Å². The molecule has 0 unspecified atom stereocenters. The van der Waals surface area contributed by atoms with E-state index in [1.807, 2.05) is 28.0 Å². The van der Waals surface area contributed by atoms with E-state index < -0.39 is 10.0 Å². The first-order chi connectivity index (χ1) is 15.0. The third-order valence-corrected chi connectivity index (χ3v) is 7.75. The molecule has 3 aliphatic heterocycles. The van der Waals surface area contributed by atoms with Crippen molar-refractivity contribution in [2.45, 2.75) is 30.6 Å². The number of anilines is 1. The minimum atomic E-state index is -3.64. The number of likely N-dealkylation sites (tertiary alicyclic amines) is 1. The lowest BCUT2D eigenvalue weighted by atomic mass is 9.92. The summed E-state index contributed by atoms with van der Waals surface area (Å²) in [5.41, 5.74) is 2.71. The SMILES string of the molecule is COc1cccc2c1N(C(=O)C1CCN(C3=NS(=O)(=O)c4ccccc43)CC1)CCC2. The minimum Gasteiger partial charge on any atom is -0.495 e. The van der Waals surface area contributed by atoms with E-state index in [4.69, 9.17) is 4.74 Å². The van der Waals surface area contributed by atoms with Gasteiger partial charge in [-0.05, 0) is 49.4 Å². The van der Waals surface area contributed by atoms with Gasteiger partial charge in [-0.25, -0.2) is 0 Å². The number of hydrogen-bond donors (Lipinski definition) is 0. The summed E-state index contributed by atoms with van der Waals surface area (Å²) in [6, 6.07) is 12.9. The number of amidine groups is 1. The summed E-state index contributed by atoms with van der Waals surface area (Å²) in [7, 11) is -2.00. The van der Waals surface area contributed by atoms with Crippen LogP contribution in [-0.4, -0.2) is 51.8 Å². The molecule has 1 saturated heterocycles. The summed E-state index contributed by atoms with van der Waals surface area (Å²) in [6.45, 7) is 1.90. The number of amides is 1. The molecule has 2 aromatic carbocycles. The van der Waals surface area contributed by atoms with Crippen LogP contribution in [0.25, 0.3) is 0 Å². The van der Waals surface area contributed by atoms with Gasteiger partial charge < -0.3 is 14.5 Å². The second-order valence-electron chi connectivity index (χ2n) is 8.21. The average molecular weight is 440 g/mol. The Bertz CT molecular complexity index is 1150. The van der Waals surface area contributed by atoms with Crippen molar-refractivity contribution in [3.63, 3.8) is 0 Å². The van der Waals surface area contributed by atoms with Crippen LogP contribution in [0.3, 0.4) is 0 Å². The molecule has 0 N–H and O–H groups in total. The van der Waals surface area contributed by atoms with Gasteiger partial charge in [0.25, 0.3) is 10.0 Å². The highest BCUT2D eigenvalue weighted by atomic mass is 32.2. The molecule has 162 valence electrons. The molecule has 1 fully saturated rings. The second-order valence-corrected chi connectivity index (χ2v) is 9.78. The molecule has 31 heavy (non-hydrogen) atoms. The van der Waals surface area contributed by atoms with E-state index >= 15 is 0 Å². The molecule has 1 amide bonds. The first-order valence-corrected chi connectivity index (χ1v) is 12.1. The Morgan fingerprint density at radius 2 is 1.84 bits per heavy atom. The zero-order valence-corrected chi connectivity index (χ0v) is 18.3. The van der Waals surface area contributed by atoms with Crippen molar-refractivity contribution in [1.29, 1.82) is 0 Å². The molecule has 0 aliphatic carbocycles. The van der Waals surface area contributed by atoms with Gasteiger partial charge in [-0.3, -0.25) is 4.79 Å². The predicted molar refractivity (Wildman–Crippen MR) is 118 cm³/mol. The number of carbonyl (C=O) groups excluding carboxylic acids is 1. The fraction of sp³-hybridized carbons (Fsp3) is 0.391. The summed E-state index contributed by atoms with van der Waals surface area (Å²) >= 11 is 0. The number of hydrogen-bond acceptors (Lipinski definition) is 5. The molecule has 3 heterocycles. The molecule has 0 atom stereocenters. The number of carbonyl (C=O) groups is 1. The highest BCUT2D eigenvalue weighted by Gasteiger charge is 2.36. The molecule has 0 bridgehead atoms. The number of rotatable bonds is 2. The largest absolute Gasteiger partial charge is 0.495 e. The number of benzene rings is 2. The van der Waals surface area contributed by atoms with E-state index in [0.29, 0.717) is 43.9 Å². The van der Waals surface area contributed by atoms with E-state index in [1.165, 1.54) is 0 Å². The molecule has 0 aromatic heterocycles. The third kappa shape index (κ3) is 3.39. The summed E-state index contributed by atoms with van der Waals surface area (Å²) in [6.07, 6.45) is 3.22. The number of methoxy groups -OCH3 is 1. The van der Waals surface area contributed by atoms with Crippen LogP contribution < -0.4 is 9.64 Å². The van der Waals surface area contributed by atoms with Crippen LogP contribution in [0.5, 0.6) is 5.75 Å². The first-order valence-electron chi connectivity index (χ1n) is 10.7. The van der Waals surface area contributed by atoms with Gasteiger partial charge in [-0.1, -0.05) is 24.3 Å². The van der Waals surface area contributed by atoms with Gasteiger partial charge in [0.1, 0.15) is 10.6 Å². The summed E-state index contributed by atoms with van der Waals surface area (Å²) in [4.78, 5) is 17.6. The van der Waals surface area contributed by atoms with Crippen LogP contribution in [0.4, 0.5) is 5.69 Å². The standard InChI is InChI=1S/C23H25N3O4S/c1-30-19-9-4-6-16-7-5-13-26(21(16)19)23(27)17-11-14-25(15-12-17)22-18-8-2-3-10-20(18)31(28,29)24-22/h2-4,6,8-10,17H,5,7,11-15H2,1H3. The lowest BCUT2D eigenvalue weighted by molar-refractivity contribution is -0.123. The fourth-order valence-corrected chi connectivity index (χ4v) is 6.10. The Hall–Kier alpha value is -2.87.